The molecule has 0 spiro atoms. The highest BCUT2D eigenvalue weighted by molar-refractivity contribution is 5.78. The van der Waals surface area contributed by atoms with Gasteiger partial charge in [0, 0.05) is 18.6 Å². The fraction of sp³-hybridized carbons (Fsp3) is 0.867. The molecule has 0 bridgehead atoms. The molecule has 22 heavy (non-hydrogen) atoms. The van der Waals surface area contributed by atoms with E-state index in [1.807, 2.05) is 0 Å². The maximum absolute atomic E-state index is 12.1. The number of nitrogens with zero attached hydrogens (tertiary/aromatic N) is 4. The van der Waals surface area contributed by atoms with Crippen molar-refractivity contribution in [2.24, 2.45) is 0 Å². The topological polar surface area (TPSA) is 86.8 Å². The second-order valence-electron chi connectivity index (χ2n) is 6.55. The minimum absolute atomic E-state index is 0.00545. The number of hydrogen-bond donors (Lipinski definition) is 2. The van der Waals surface area contributed by atoms with Crippen molar-refractivity contribution in [1.82, 2.24) is 30.8 Å². The summed E-state index contributed by atoms with van der Waals surface area (Å²) in [5.74, 6) is 0.447. The molecular formula is C15H26N6O. The van der Waals surface area contributed by atoms with Crippen molar-refractivity contribution < 1.29 is 4.79 Å². The monoisotopic (exact) mass is 306 g/mol. The van der Waals surface area contributed by atoms with Crippen LogP contribution in [0.3, 0.4) is 0 Å². The van der Waals surface area contributed by atoms with Gasteiger partial charge in [0.25, 0.3) is 0 Å². The summed E-state index contributed by atoms with van der Waals surface area (Å²) in [6, 6.07) is 0.982. The Labute approximate surface area is 131 Å². The Kier molecular flexibility index (Phi) is 5.37. The maximum Gasteiger partial charge on any atom is 0.228 e. The molecule has 1 aromatic rings. The number of nitrogens with one attached hydrogen (secondary N) is 2. The Morgan fingerprint density at radius 3 is 2.73 bits per heavy atom. The normalized spacial score (nSPS) is 24.8. The van der Waals surface area contributed by atoms with E-state index in [0.717, 1.165) is 19.0 Å². The molecule has 0 radical (unpaired) electrons. The molecule has 2 N–H and O–H groups in total. The molecule has 1 saturated heterocycles. The molecule has 7 nitrogen and oxygen atoms in total. The third-order valence-electron chi connectivity index (χ3n) is 4.87. The van der Waals surface area contributed by atoms with Crippen LogP contribution in [0.4, 0.5) is 0 Å². The van der Waals surface area contributed by atoms with E-state index in [2.05, 4.69) is 30.8 Å². The SMILES string of the molecule is O=C(Cc1nn[nH]n1)N[C@@H]1CCCN(C2CCCCCC2)C1. The standard InChI is InChI=1S/C15H26N6O/c22-15(10-14-17-19-20-18-14)16-12-6-5-9-21(11-12)13-7-3-1-2-4-8-13/h12-13H,1-11H2,(H,16,22)(H,17,18,19,20)/t12-/m1/s1. The van der Waals surface area contributed by atoms with Gasteiger partial charge in [-0.25, -0.2) is 0 Å². The van der Waals surface area contributed by atoms with E-state index in [1.165, 1.54) is 51.5 Å². The summed E-state index contributed by atoms with van der Waals surface area (Å²) in [6.07, 6.45) is 10.6. The summed E-state index contributed by atoms with van der Waals surface area (Å²) in [5, 5.41) is 16.7. The zero-order valence-electron chi connectivity index (χ0n) is 13.1. The van der Waals surface area contributed by atoms with Gasteiger partial charge in [0.05, 0.1) is 6.42 Å². The Morgan fingerprint density at radius 1 is 1.18 bits per heavy atom. The molecular weight excluding hydrogens is 280 g/mol. The first-order chi connectivity index (χ1) is 10.8. The summed E-state index contributed by atoms with van der Waals surface area (Å²) in [5.41, 5.74) is 0. The molecule has 3 rings (SSSR count). The zero-order valence-corrected chi connectivity index (χ0v) is 13.1. The van der Waals surface area contributed by atoms with Crippen molar-refractivity contribution in [3.05, 3.63) is 5.82 Å². The molecule has 2 fully saturated rings. The van der Waals surface area contributed by atoms with E-state index >= 15 is 0 Å². The number of likely N-dealkylation sites (tertiary alicyclic amines) is 1. The minimum Gasteiger partial charge on any atom is -0.352 e. The van der Waals surface area contributed by atoms with Gasteiger partial charge in [-0.1, -0.05) is 30.9 Å². The number of amides is 1. The van der Waals surface area contributed by atoms with Crippen molar-refractivity contribution in [3.63, 3.8) is 0 Å². The highest BCUT2D eigenvalue weighted by Crippen LogP contribution is 2.24. The van der Waals surface area contributed by atoms with Crippen molar-refractivity contribution in [2.75, 3.05) is 13.1 Å². The van der Waals surface area contributed by atoms with Crippen LogP contribution in [-0.2, 0) is 11.2 Å². The average Bonchev–Trinajstić information content (AvgIpc) is 2.87. The number of tetrazole rings is 1. The van der Waals surface area contributed by atoms with Crippen molar-refractivity contribution in [2.45, 2.75) is 69.9 Å². The van der Waals surface area contributed by atoms with E-state index in [-0.39, 0.29) is 18.4 Å². The van der Waals surface area contributed by atoms with E-state index in [1.54, 1.807) is 0 Å². The lowest BCUT2D eigenvalue weighted by Crippen LogP contribution is -2.51. The molecule has 1 aromatic heterocycles. The van der Waals surface area contributed by atoms with Gasteiger partial charge in [-0.15, -0.1) is 10.2 Å². The van der Waals surface area contributed by atoms with Gasteiger partial charge in [0.1, 0.15) is 0 Å². The van der Waals surface area contributed by atoms with Crippen LogP contribution >= 0.6 is 0 Å². The van der Waals surface area contributed by atoms with Gasteiger partial charge in [0.15, 0.2) is 5.82 Å². The lowest BCUT2D eigenvalue weighted by molar-refractivity contribution is -0.121. The van der Waals surface area contributed by atoms with Crippen molar-refractivity contribution in [3.8, 4) is 0 Å². The first-order valence-corrected chi connectivity index (χ1v) is 8.57. The average molecular weight is 306 g/mol. The van der Waals surface area contributed by atoms with Gasteiger partial charge in [-0.05, 0) is 32.2 Å². The molecule has 122 valence electrons. The number of hydrogen-bond acceptors (Lipinski definition) is 5. The van der Waals surface area contributed by atoms with Gasteiger partial charge >= 0.3 is 0 Å². The predicted molar refractivity (Wildman–Crippen MR) is 82.1 cm³/mol. The fourth-order valence-electron chi connectivity index (χ4n) is 3.76. The first-order valence-electron chi connectivity index (χ1n) is 8.57. The van der Waals surface area contributed by atoms with Crippen LogP contribution in [0.25, 0.3) is 0 Å². The highest BCUT2D eigenvalue weighted by atomic mass is 16.1. The van der Waals surface area contributed by atoms with Gasteiger partial charge in [-0.2, -0.15) is 5.21 Å². The van der Waals surface area contributed by atoms with Crippen LogP contribution in [0.5, 0.6) is 0 Å². The second kappa shape index (κ2) is 7.67. The van der Waals surface area contributed by atoms with E-state index in [0.29, 0.717) is 5.82 Å². The predicted octanol–water partition coefficient (Wildman–Crippen LogP) is 1.05. The number of carbonyl (C=O) groups excluding carboxylic acids is 1. The fourth-order valence-corrected chi connectivity index (χ4v) is 3.76. The molecule has 1 aliphatic heterocycles. The second-order valence-corrected chi connectivity index (χ2v) is 6.55. The maximum atomic E-state index is 12.1. The molecule has 2 aliphatic rings. The third-order valence-corrected chi connectivity index (χ3v) is 4.87. The van der Waals surface area contributed by atoms with Crippen LogP contribution in [-0.4, -0.2) is 56.6 Å². The smallest absolute Gasteiger partial charge is 0.228 e. The molecule has 7 heteroatoms. The first kappa shape index (κ1) is 15.4. The molecule has 0 aromatic carbocycles. The number of piperidine rings is 1. The lowest BCUT2D eigenvalue weighted by atomic mass is 10.00. The Balaban J connectivity index is 1.48. The number of carbonyl (C=O) groups is 1. The van der Waals surface area contributed by atoms with E-state index in [9.17, 15) is 4.79 Å². The highest BCUT2D eigenvalue weighted by Gasteiger charge is 2.27. The molecule has 1 atom stereocenters. The van der Waals surface area contributed by atoms with Crippen LogP contribution in [0.2, 0.25) is 0 Å². The number of aromatic amines is 1. The number of H-pyrrole nitrogens is 1. The minimum atomic E-state index is -0.00545. The quantitative estimate of drug-likeness (QED) is 0.812. The Hall–Kier alpha value is -1.50. The largest absolute Gasteiger partial charge is 0.352 e. The summed E-state index contributed by atoms with van der Waals surface area (Å²) in [7, 11) is 0. The van der Waals surface area contributed by atoms with Gasteiger partial charge in [-0.3, -0.25) is 9.69 Å². The molecule has 1 aliphatic carbocycles. The van der Waals surface area contributed by atoms with Crippen LogP contribution < -0.4 is 5.32 Å². The summed E-state index contributed by atoms with van der Waals surface area (Å²) >= 11 is 0. The Morgan fingerprint density at radius 2 is 2.00 bits per heavy atom. The van der Waals surface area contributed by atoms with E-state index < -0.39 is 0 Å². The number of aromatic nitrogens is 4. The summed E-state index contributed by atoms with van der Waals surface area (Å²) in [6.45, 7) is 2.17. The number of rotatable bonds is 4. The third kappa shape index (κ3) is 4.25. The van der Waals surface area contributed by atoms with Crippen LogP contribution in [0.15, 0.2) is 0 Å². The van der Waals surface area contributed by atoms with Crippen LogP contribution in [0, 0.1) is 0 Å². The van der Waals surface area contributed by atoms with Crippen molar-refractivity contribution in [1.29, 1.82) is 0 Å². The van der Waals surface area contributed by atoms with Crippen molar-refractivity contribution >= 4 is 5.91 Å². The molecule has 2 heterocycles. The van der Waals surface area contributed by atoms with Crippen LogP contribution in [0.1, 0.15) is 57.2 Å². The molecule has 0 unspecified atom stereocenters. The van der Waals surface area contributed by atoms with Gasteiger partial charge in [0.2, 0.25) is 5.91 Å². The lowest BCUT2D eigenvalue weighted by Gasteiger charge is -2.38. The van der Waals surface area contributed by atoms with E-state index in [4.69, 9.17) is 0 Å². The molecule has 1 amide bonds. The summed E-state index contributed by atoms with van der Waals surface area (Å²) in [4.78, 5) is 14.7. The zero-order chi connectivity index (χ0) is 15.2. The van der Waals surface area contributed by atoms with Gasteiger partial charge < -0.3 is 5.32 Å². The summed E-state index contributed by atoms with van der Waals surface area (Å²) < 4.78 is 0. The molecule has 1 saturated carbocycles. The Bertz CT molecular complexity index is 455.